The molecule has 3 aromatic rings. The summed E-state index contributed by atoms with van der Waals surface area (Å²) < 4.78 is 12.5. The molecule has 0 saturated heterocycles. The standard InChI is InChI=1S/C27H26O3/c1-18-23-16-10-11-17-24(23)19(2)26(30-27(28)22-14-8-5-9-15-22)25(18)29-20(3)21-12-6-4-7-13-21/h4-19,25-26H,3H2,1-2H3/t18?,19?,25-,26+/m1/s1. The molecule has 0 aliphatic heterocycles. The first kappa shape index (κ1) is 20.0. The molecule has 0 N–H and O–H groups in total. The number of benzene rings is 3. The summed E-state index contributed by atoms with van der Waals surface area (Å²) in [6.07, 6.45) is -0.765. The zero-order valence-corrected chi connectivity index (χ0v) is 17.3. The Labute approximate surface area is 178 Å². The normalized spacial score (nSPS) is 22.6. The van der Waals surface area contributed by atoms with Gasteiger partial charge in [0.15, 0.2) is 0 Å². The van der Waals surface area contributed by atoms with E-state index in [2.05, 4.69) is 32.6 Å². The molecule has 1 aliphatic carbocycles. The van der Waals surface area contributed by atoms with Crippen molar-refractivity contribution in [2.45, 2.75) is 37.9 Å². The Bertz CT molecular complexity index is 942. The Morgan fingerprint density at radius 3 is 1.63 bits per heavy atom. The molecular formula is C27H26O3. The van der Waals surface area contributed by atoms with Crippen LogP contribution in [0.25, 0.3) is 5.76 Å². The first-order valence-electron chi connectivity index (χ1n) is 10.3. The molecular weight excluding hydrogens is 372 g/mol. The topological polar surface area (TPSA) is 35.5 Å². The van der Waals surface area contributed by atoms with Gasteiger partial charge in [0.25, 0.3) is 0 Å². The number of esters is 1. The maximum Gasteiger partial charge on any atom is 0.338 e. The van der Waals surface area contributed by atoms with E-state index in [0.717, 1.165) is 5.56 Å². The van der Waals surface area contributed by atoms with Gasteiger partial charge in [-0.2, -0.15) is 0 Å². The number of hydrogen-bond acceptors (Lipinski definition) is 3. The molecule has 0 heterocycles. The van der Waals surface area contributed by atoms with Gasteiger partial charge in [-0.05, 0) is 23.3 Å². The molecule has 3 nitrogen and oxygen atoms in total. The number of carbonyl (C=O) groups excluding carboxylic acids is 1. The lowest BCUT2D eigenvalue weighted by molar-refractivity contribution is -0.0399. The Hall–Kier alpha value is -3.33. The summed E-state index contributed by atoms with van der Waals surface area (Å²) in [6.45, 7) is 8.36. The van der Waals surface area contributed by atoms with Crippen molar-refractivity contribution < 1.29 is 14.3 Å². The lowest BCUT2D eigenvalue weighted by Crippen LogP contribution is -2.44. The molecule has 0 bridgehead atoms. The quantitative estimate of drug-likeness (QED) is 0.380. The summed E-state index contributed by atoms with van der Waals surface area (Å²) in [7, 11) is 0. The fraction of sp³-hybridized carbons (Fsp3) is 0.222. The van der Waals surface area contributed by atoms with Crippen molar-refractivity contribution in [3.05, 3.63) is 114 Å². The zero-order valence-electron chi connectivity index (χ0n) is 17.3. The predicted molar refractivity (Wildman–Crippen MR) is 119 cm³/mol. The van der Waals surface area contributed by atoms with Crippen LogP contribution in [0, 0.1) is 0 Å². The predicted octanol–water partition coefficient (Wildman–Crippen LogP) is 6.19. The van der Waals surface area contributed by atoms with Gasteiger partial charge in [-0.1, -0.05) is 93.2 Å². The van der Waals surface area contributed by atoms with Crippen LogP contribution in [0.3, 0.4) is 0 Å². The van der Waals surface area contributed by atoms with Gasteiger partial charge >= 0.3 is 5.97 Å². The van der Waals surface area contributed by atoms with E-state index >= 15 is 0 Å². The molecule has 2 unspecified atom stereocenters. The molecule has 3 aromatic carbocycles. The lowest BCUT2D eigenvalue weighted by Gasteiger charge is -2.41. The highest BCUT2D eigenvalue weighted by molar-refractivity contribution is 5.89. The second-order valence-electron chi connectivity index (χ2n) is 7.81. The third kappa shape index (κ3) is 3.88. The third-order valence-corrected chi connectivity index (χ3v) is 5.91. The minimum absolute atomic E-state index is 0.00126. The van der Waals surface area contributed by atoms with Crippen LogP contribution in [0.4, 0.5) is 0 Å². The van der Waals surface area contributed by atoms with E-state index < -0.39 is 6.10 Å². The minimum atomic E-state index is -0.428. The zero-order chi connectivity index (χ0) is 21.1. The van der Waals surface area contributed by atoms with Gasteiger partial charge in [0.1, 0.15) is 18.0 Å². The van der Waals surface area contributed by atoms with Crippen LogP contribution < -0.4 is 0 Å². The maximum absolute atomic E-state index is 12.9. The maximum atomic E-state index is 12.9. The second-order valence-corrected chi connectivity index (χ2v) is 7.81. The summed E-state index contributed by atoms with van der Waals surface area (Å²) in [5, 5.41) is 0. The van der Waals surface area contributed by atoms with Crippen LogP contribution in [-0.2, 0) is 9.47 Å². The Morgan fingerprint density at radius 2 is 1.10 bits per heavy atom. The molecule has 0 saturated carbocycles. The average Bonchev–Trinajstić information content (AvgIpc) is 2.80. The molecule has 0 amide bonds. The number of carbonyl (C=O) groups is 1. The van der Waals surface area contributed by atoms with Crippen molar-refractivity contribution >= 4 is 11.7 Å². The van der Waals surface area contributed by atoms with E-state index in [1.807, 2.05) is 60.7 Å². The fourth-order valence-electron chi connectivity index (χ4n) is 4.22. The molecule has 1 aliphatic rings. The molecule has 3 heteroatoms. The van der Waals surface area contributed by atoms with Crippen LogP contribution in [0.1, 0.15) is 52.7 Å². The summed E-state index contributed by atoms with van der Waals surface area (Å²) in [5.41, 5.74) is 3.88. The first-order chi connectivity index (χ1) is 14.6. The van der Waals surface area contributed by atoms with Gasteiger partial charge in [-0.15, -0.1) is 0 Å². The number of rotatable bonds is 5. The highest BCUT2D eigenvalue weighted by atomic mass is 16.6. The van der Waals surface area contributed by atoms with Gasteiger partial charge in [-0.25, -0.2) is 4.79 Å². The van der Waals surface area contributed by atoms with Gasteiger partial charge in [0.05, 0.1) is 5.56 Å². The van der Waals surface area contributed by atoms with Crippen molar-refractivity contribution in [2.75, 3.05) is 0 Å². The van der Waals surface area contributed by atoms with Crippen LogP contribution in [0.5, 0.6) is 0 Å². The van der Waals surface area contributed by atoms with E-state index in [0.29, 0.717) is 11.3 Å². The van der Waals surface area contributed by atoms with E-state index in [1.165, 1.54) is 11.1 Å². The van der Waals surface area contributed by atoms with E-state index in [4.69, 9.17) is 9.47 Å². The summed E-state index contributed by atoms with van der Waals surface area (Å²) in [6, 6.07) is 27.2. The Balaban J connectivity index is 1.66. The van der Waals surface area contributed by atoms with Crippen LogP contribution >= 0.6 is 0 Å². The van der Waals surface area contributed by atoms with Gasteiger partial charge < -0.3 is 9.47 Å². The van der Waals surface area contributed by atoms with Crippen molar-refractivity contribution in [2.24, 2.45) is 0 Å². The first-order valence-corrected chi connectivity index (χ1v) is 10.3. The molecule has 30 heavy (non-hydrogen) atoms. The number of ether oxygens (including phenoxy) is 2. The number of hydrogen-bond donors (Lipinski definition) is 0. The summed E-state index contributed by atoms with van der Waals surface area (Å²) in [5.74, 6) is 0.294. The fourth-order valence-corrected chi connectivity index (χ4v) is 4.22. The van der Waals surface area contributed by atoms with Crippen LogP contribution in [0.15, 0.2) is 91.5 Å². The van der Waals surface area contributed by atoms with Crippen LogP contribution in [-0.4, -0.2) is 18.2 Å². The summed E-state index contributed by atoms with van der Waals surface area (Å²) in [4.78, 5) is 12.9. The van der Waals surface area contributed by atoms with Crippen LogP contribution in [0.2, 0.25) is 0 Å². The highest BCUT2D eigenvalue weighted by Crippen LogP contribution is 2.43. The molecule has 0 spiro atoms. The van der Waals surface area contributed by atoms with Gasteiger partial charge in [-0.3, -0.25) is 0 Å². The number of fused-ring (bicyclic) bond motifs is 1. The Morgan fingerprint density at radius 1 is 0.667 bits per heavy atom. The molecule has 4 atom stereocenters. The van der Waals surface area contributed by atoms with E-state index in [-0.39, 0.29) is 23.9 Å². The van der Waals surface area contributed by atoms with Crippen molar-refractivity contribution in [1.29, 1.82) is 0 Å². The second kappa shape index (κ2) is 8.58. The molecule has 0 radical (unpaired) electrons. The monoisotopic (exact) mass is 398 g/mol. The van der Waals surface area contributed by atoms with Gasteiger partial charge in [0.2, 0.25) is 0 Å². The van der Waals surface area contributed by atoms with Gasteiger partial charge in [0, 0.05) is 17.4 Å². The third-order valence-electron chi connectivity index (χ3n) is 5.91. The average molecular weight is 399 g/mol. The minimum Gasteiger partial charge on any atom is -0.486 e. The molecule has 0 aromatic heterocycles. The van der Waals surface area contributed by atoms with Crippen molar-refractivity contribution in [3.8, 4) is 0 Å². The van der Waals surface area contributed by atoms with E-state index in [1.54, 1.807) is 12.1 Å². The molecule has 0 fully saturated rings. The lowest BCUT2D eigenvalue weighted by atomic mass is 9.74. The van der Waals surface area contributed by atoms with Crippen molar-refractivity contribution in [1.82, 2.24) is 0 Å². The van der Waals surface area contributed by atoms with E-state index in [9.17, 15) is 4.79 Å². The summed E-state index contributed by atoms with van der Waals surface area (Å²) >= 11 is 0. The highest BCUT2D eigenvalue weighted by Gasteiger charge is 2.43. The largest absolute Gasteiger partial charge is 0.486 e. The Kier molecular flexibility index (Phi) is 5.71. The molecule has 152 valence electrons. The van der Waals surface area contributed by atoms with Crippen molar-refractivity contribution in [3.63, 3.8) is 0 Å². The SMILES string of the molecule is C=C(O[C@@H]1C(C)c2ccccc2C(C)[C@@H]1OC(=O)c1ccccc1)c1ccccc1. The molecule has 4 rings (SSSR count). The smallest absolute Gasteiger partial charge is 0.338 e.